The molecule has 3 heterocycles. The van der Waals surface area contributed by atoms with Crippen LogP contribution in [0.25, 0.3) is 11.1 Å². The molecule has 1 aromatic carbocycles. The van der Waals surface area contributed by atoms with Crippen molar-refractivity contribution in [3.8, 4) is 11.1 Å². The number of benzene rings is 1. The van der Waals surface area contributed by atoms with E-state index in [1.807, 2.05) is 0 Å². The van der Waals surface area contributed by atoms with Gasteiger partial charge in [-0.15, -0.1) is 0 Å². The number of nitrogens with one attached hydrogen (secondary N) is 1. The van der Waals surface area contributed by atoms with Gasteiger partial charge in [-0.2, -0.15) is 18.3 Å². The summed E-state index contributed by atoms with van der Waals surface area (Å²) in [6.07, 6.45) is -2.24. The third-order valence-corrected chi connectivity index (χ3v) is 4.68. The monoisotopic (exact) mass is 423 g/mol. The Morgan fingerprint density at radius 2 is 1.87 bits per heavy atom. The van der Waals surface area contributed by atoms with Crippen LogP contribution in [0.5, 0.6) is 0 Å². The zero-order valence-corrected chi connectivity index (χ0v) is 15.2. The Balaban J connectivity index is 1.55. The van der Waals surface area contributed by atoms with Crippen LogP contribution in [0.2, 0.25) is 0 Å². The van der Waals surface area contributed by atoms with E-state index in [0.29, 0.717) is 17.8 Å². The maximum atomic E-state index is 14.2. The van der Waals surface area contributed by atoms with Gasteiger partial charge in [0.15, 0.2) is 0 Å². The van der Waals surface area contributed by atoms with Gasteiger partial charge in [0.1, 0.15) is 17.3 Å². The lowest BCUT2D eigenvalue weighted by molar-refractivity contribution is -0.141. The number of alkyl halides is 3. The Labute approximate surface area is 166 Å². The van der Waals surface area contributed by atoms with Gasteiger partial charge in [0, 0.05) is 35.6 Å². The van der Waals surface area contributed by atoms with Gasteiger partial charge in [0.2, 0.25) is 0 Å². The summed E-state index contributed by atoms with van der Waals surface area (Å²) < 4.78 is 67.4. The van der Waals surface area contributed by atoms with Crippen molar-refractivity contribution in [1.82, 2.24) is 19.7 Å². The molecule has 11 heteroatoms. The second-order valence-electron chi connectivity index (χ2n) is 6.63. The summed E-state index contributed by atoms with van der Waals surface area (Å²) in [6, 6.07) is 4.54. The minimum absolute atomic E-state index is 0.0498. The molecule has 3 aromatic rings. The number of nitrogens with zero attached hydrogens (tertiary/aromatic N) is 4. The highest BCUT2D eigenvalue weighted by Crippen LogP contribution is 2.31. The van der Waals surface area contributed by atoms with E-state index in [9.17, 15) is 26.7 Å². The number of rotatable bonds is 2. The van der Waals surface area contributed by atoms with Gasteiger partial charge in [-0.1, -0.05) is 0 Å². The largest absolute Gasteiger partial charge is 0.433 e. The lowest BCUT2D eigenvalue weighted by Gasteiger charge is -2.28. The molecule has 1 aliphatic rings. The van der Waals surface area contributed by atoms with Crippen LogP contribution in [0.3, 0.4) is 0 Å². The quantitative estimate of drug-likeness (QED) is 0.626. The Kier molecular flexibility index (Phi) is 4.88. The fourth-order valence-electron chi connectivity index (χ4n) is 3.22. The molecular formula is C19H14F5N5O. The molecule has 0 spiro atoms. The molecule has 30 heavy (non-hydrogen) atoms. The minimum Gasteiger partial charge on any atom is -0.317 e. The molecule has 0 atom stereocenters. The smallest absolute Gasteiger partial charge is 0.317 e. The standard InChI is InChI=1S/C19H14F5N5O/c20-11-1-2-13(15(21)7-11)14-9-26-29-6-5-28(10-16(14)29)18(30)27-12-3-4-25-17(8-12)19(22,23)24/h1-4,7-9H,5-6,10H2,(H,25,27,30). The number of pyridine rings is 1. The maximum Gasteiger partial charge on any atom is 0.433 e. The third kappa shape index (κ3) is 3.82. The van der Waals surface area contributed by atoms with Gasteiger partial charge in [-0.25, -0.2) is 13.6 Å². The van der Waals surface area contributed by atoms with Crippen molar-refractivity contribution < 1.29 is 26.7 Å². The van der Waals surface area contributed by atoms with Gasteiger partial charge in [0.05, 0.1) is 25.0 Å². The highest BCUT2D eigenvalue weighted by atomic mass is 19.4. The van der Waals surface area contributed by atoms with Crippen LogP contribution < -0.4 is 5.32 Å². The molecule has 4 rings (SSSR count). The molecule has 156 valence electrons. The van der Waals surface area contributed by atoms with Crippen molar-refractivity contribution >= 4 is 11.7 Å². The lowest BCUT2D eigenvalue weighted by Crippen LogP contribution is -2.41. The number of amides is 2. The van der Waals surface area contributed by atoms with E-state index in [2.05, 4.69) is 15.4 Å². The number of carbonyl (C=O) groups excluding carboxylic acids is 1. The fourth-order valence-corrected chi connectivity index (χ4v) is 3.22. The molecule has 0 bridgehead atoms. The number of halogens is 5. The van der Waals surface area contributed by atoms with Gasteiger partial charge in [-0.3, -0.25) is 9.67 Å². The Hall–Kier alpha value is -3.50. The summed E-state index contributed by atoms with van der Waals surface area (Å²) >= 11 is 0. The number of aromatic nitrogens is 3. The molecule has 1 N–H and O–H groups in total. The Morgan fingerprint density at radius 1 is 1.07 bits per heavy atom. The van der Waals surface area contributed by atoms with E-state index in [-0.39, 0.29) is 24.3 Å². The summed E-state index contributed by atoms with van der Waals surface area (Å²) in [5.41, 5.74) is -0.0814. The molecule has 6 nitrogen and oxygen atoms in total. The van der Waals surface area contributed by atoms with Crippen molar-refractivity contribution in [2.75, 3.05) is 11.9 Å². The first kappa shape index (κ1) is 19.8. The van der Waals surface area contributed by atoms with Crippen LogP contribution in [-0.4, -0.2) is 32.2 Å². The van der Waals surface area contributed by atoms with Crippen LogP contribution in [0.15, 0.2) is 42.7 Å². The molecule has 0 fully saturated rings. The van der Waals surface area contributed by atoms with E-state index in [1.54, 1.807) is 4.68 Å². The average Bonchev–Trinajstić information content (AvgIpc) is 3.10. The van der Waals surface area contributed by atoms with Gasteiger partial charge in [0.25, 0.3) is 0 Å². The first-order valence-corrected chi connectivity index (χ1v) is 8.81. The van der Waals surface area contributed by atoms with Crippen molar-refractivity contribution in [3.63, 3.8) is 0 Å². The first-order valence-electron chi connectivity index (χ1n) is 8.81. The predicted molar refractivity (Wildman–Crippen MR) is 96.2 cm³/mol. The highest BCUT2D eigenvalue weighted by molar-refractivity contribution is 5.89. The summed E-state index contributed by atoms with van der Waals surface area (Å²) in [5.74, 6) is -1.47. The van der Waals surface area contributed by atoms with Crippen LogP contribution >= 0.6 is 0 Å². The topological polar surface area (TPSA) is 63.1 Å². The van der Waals surface area contributed by atoms with Crippen molar-refractivity contribution in [2.24, 2.45) is 0 Å². The normalized spacial score (nSPS) is 13.8. The average molecular weight is 423 g/mol. The van der Waals surface area contributed by atoms with E-state index in [1.165, 1.54) is 23.2 Å². The SMILES string of the molecule is O=C(Nc1ccnc(C(F)(F)F)c1)N1CCn2ncc(-c3ccc(F)cc3F)c2C1. The lowest BCUT2D eigenvalue weighted by atomic mass is 10.0. The summed E-state index contributed by atoms with van der Waals surface area (Å²) in [7, 11) is 0. The van der Waals surface area contributed by atoms with Crippen molar-refractivity contribution in [3.05, 3.63) is 65.7 Å². The van der Waals surface area contributed by atoms with Crippen molar-refractivity contribution in [2.45, 2.75) is 19.3 Å². The second-order valence-corrected chi connectivity index (χ2v) is 6.63. The molecule has 0 unspecified atom stereocenters. The number of hydrogen-bond acceptors (Lipinski definition) is 3. The number of fused-ring (bicyclic) bond motifs is 1. The first-order chi connectivity index (χ1) is 14.2. The van der Waals surface area contributed by atoms with E-state index in [0.717, 1.165) is 24.4 Å². The number of carbonyl (C=O) groups is 1. The molecule has 0 saturated carbocycles. The van der Waals surface area contributed by atoms with E-state index in [4.69, 9.17) is 0 Å². The second kappa shape index (κ2) is 7.39. The maximum absolute atomic E-state index is 14.2. The van der Waals surface area contributed by atoms with Crippen LogP contribution in [0, 0.1) is 11.6 Å². The van der Waals surface area contributed by atoms with Gasteiger partial charge < -0.3 is 10.2 Å². The summed E-state index contributed by atoms with van der Waals surface area (Å²) in [6.45, 7) is 0.619. The molecule has 2 amide bonds. The Bertz CT molecular complexity index is 1110. The molecule has 1 aliphatic heterocycles. The Morgan fingerprint density at radius 3 is 2.60 bits per heavy atom. The minimum atomic E-state index is -4.63. The van der Waals surface area contributed by atoms with Crippen LogP contribution in [0.4, 0.5) is 32.4 Å². The van der Waals surface area contributed by atoms with Crippen LogP contribution in [-0.2, 0) is 19.3 Å². The van der Waals surface area contributed by atoms with Gasteiger partial charge >= 0.3 is 12.2 Å². The van der Waals surface area contributed by atoms with Gasteiger partial charge in [-0.05, 0) is 24.3 Å². The predicted octanol–water partition coefficient (Wildman–Crippen LogP) is 4.29. The highest BCUT2D eigenvalue weighted by Gasteiger charge is 2.33. The van der Waals surface area contributed by atoms with E-state index < -0.39 is 29.5 Å². The van der Waals surface area contributed by atoms with Crippen molar-refractivity contribution in [1.29, 1.82) is 0 Å². The number of urea groups is 1. The molecular weight excluding hydrogens is 409 g/mol. The van der Waals surface area contributed by atoms with Crippen LogP contribution in [0.1, 0.15) is 11.4 Å². The number of hydrogen-bond donors (Lipinski definition) is 1. The molecule has 0 aliphatic carbocycles. The third-order valence-electron chi connectivity index (χ3n) is 4.68. The molecule has 0 radical (unpaired) electrons. The zero-order valence-electron chi connectivity index (χ0n) is 15.2. The molecule has 0 saturated heterocycles. The molecule has 2 aromatic heterocycles. The fraction of sp³-hybridized carbons (Fsp3) is 0.211. The van der Waals surface area contributed by atoms with E-state index >= 15 is 0 Å². The zero-order chi connectivity index (χ0) is 21.5. The number of anilines is 1. The summed E-state index contributed by atoms with van der Waals surface area (Å²) in [4.78, 5) is 17.2. The summed E-state index contributed by atoms with van der Waals surface area (Å²) in [5, 5.41) is 6.60.